The summed E-state index contributed by atoms with van der Waals surface area (Å²) < 4.78 is 0. The van der Waals surface area contributed by atoms with Crippen molar-refractivity contribution in [2.75, 3.05) is 0 Å². The number of nitrogens with one attached hydrogen (secondary N) is 2. The summed E-state index contributed by atoms with van der Waals surface area (Å²) in [7, 11) is 0. The molecule has 4 heteroatoms. The van der Waals surface area contributed by atoms with Gasteiger partial charge in [0, 0.05) is 11.6 Å². The molecule has 1 aliphatic rings. The molecule has 0 aromatic heterocycles. The van der Waals surface area contributed by atoms with E-state index in [0.717, 1.165) is 25.0 Å². The van der Waals surface area contributed by atoms with Crippen LogP contribution in [0.15, 0.2) is 35.6 Å². The van der Waals surface area contributed by atoms with E-state index in [1.165, 1.54) is 23.1 Å². The molecule has 4 N–H and O–H groups in total. The third kappa shape index (κ3) is 3.95. The molecular formula is C14H23N3O. The summed E-state index contributed by atoms with van der Waals surface area (Å²) >= 11 is 0. The standard InChI is InChI=1S/C14H23N3O/c1-9(2)12-7-5-10(3)13(12)8-6-11(4)16-17-14(15)18/h12,16H,1,4-8H2,2-3H3,(H3,15,17,18)/t12-/m1/s1. The summed E-state index contributed by atoms with van der Waals surface area (Å²) in [6.45, 7) is 12.2. The first-order chi connectivity index (χ1) is 8.41. The zero-order chi connectivity index (χ0) is 13.7. The molecule has 0 bridgehead atoms. The van der Waals surface area contributed by atoms with Gasteiger partial charge in [0.05, 0.1) is 0 Å². The Bertz CT molecular complexity index is 396. The van der Waals surface area contributed by atoms with E-state index < -0.39 is 6.03 Å². The van der Waals surface area contributed by atoms with Crippen molar-refractivity contribution < 1.29 is 4.79 Å². The van der Waals surface area contributed by atoms with Crippen molar-refractivity contribution in [3.8, 4) is 0 Å². The van der Waals surface area contributed by atoms with E-state index >= 15 is 0 Å². The Balaban J connectivity index is 2.47. The topological polar surface area (TPSA) is 67.2 Å². The molecule has 0 aromatic carbocycles. The Morgan fingerprint density at radius 1 is 1.44 bits per heavy atom. The van der Waals surface area contributed by atoms with Gasteiger partial charge in [0.25, 0.3) is 0 Å². The number of amides is 2. The molecule has 100 valence electrons. The van der Waals surface area contributed by atoms with Crippen LogP contribution in [0.4, 0.5) is 4.79 Å². The first-order valence-corrected chi connectivity index (χ1v) is 6.25. The third-order valence-electron chi connectivity index (χ3n) is 3.43. The highest BCUT2D eigenvalue weighted by molar-refractivity contribution is 5.71. The van der Waals surface area contributed by atoms with Crippen LogP contribution in [-0.4, -0.2) is 6.03 Å². The van der Waals surface area contributed by atoms with Gasteiger partial charge in [-0.25, -0.2) is 4.79 Å². The lowest BCUT2D eigenvalue weighted by Gasteiger charge is -2.17. The molecule has 0 unspecified atom stereocenters. The SMILES string of the molecule is C=C(CCC1=C(C)CC[C@@H]1C(=C)C)NNC(N)=O. The van der Waals surface area contributed by atoms with Crippen LogP contribution < -0.4 is 16.6 Å². The number of hydrogen-bond donors (Lipinski definition) is 3. The number of rotatable bonds is 6. The van der Waals surface area contributed by atoms with Crippen LogP contribution >= 0.6 is 0 Å². The van der Waals surface area contributed by atoms with Gasteiger partial charge in [0.1, 0.15) is 0 Å². The van der Waals surface area contributed by atoms with Gasteiger partial charge in [-0.1, -0.05) is 29.9 Å². The summed E-state index contributed by atoms with van der Waals surface area (Å²) in [4.78, 5) is 10.5. The molecule has 0 aromatic rings. The zero-order valence-corrected chi connectivity index (χ0v) is 11.3. The van der Waals surface area contributed by atoms with Gasteiger partial charge in [0.15, 0.2) is 0 Å². The van der Waals surface area contributed by atoms with E-state index in [9.17, 15) is 4.79 Å². The Morgan fingerprint density at radius 2 is 2.11 bits per heavy atom. The van der Waals surface area contributed by atoms with Crippen molar-refractivity contribution in [3.63, 3.8) is 0 Å². The number of primary amides is 1. The van der Waals surface area contributed by atoms with Gasteiger partial charge >= 0.3 is 6.03 Å². The maximum Gasteiger partial charge on any atom is 0.330 e. The molecule has 0 saturated heterocycles. The normalized spacial score (nSPS) is 18.7. The number of urea groups is 1. The second kappa shape index (κ2) is 6.28. The number of hydrogen-bond acceptors (Lipinski definition) is 2. The quantitative estimate of drug-likeness (QED) is 0.500. The van der Waals surface area contributed by atoms with Gasteiger partial charge in [0.2, 0.25) is 0 Å². The van der Waals surface area contributed by atoms with Crippen LogP contribution in [0.5, 0.6) is 0 Å². The molecule has 2 amide bonds. The molecule has 1 atom stereocenters. The maximum atomic E-state index is 10.5. The molecular weight excluding hydrogens is 226 g/mol. The predicted octanol–water partition coefficient (Wildman–Crippen LogP) is 2.76. The Morgan fingerprint density at radius 3 is 2.67 bits per heavy atom. The Labute approximate surface area is 109 Å². The summed E-state index contributed by atoms with van der Waals surface area (Å²) in [5.74, 6) is 0.516. The lowest BCUT2D eigenvalue weighted by molar-refractivity contribution is 0.246. The molecule has 1 rings (SSSR count). The summed E-state index contributed by atoms with van der Waals surface area (Å²) in [6, 6.07) is -0.604. The predicted molar refractivity (Wildman–Crippen MR) is 74.5 cm³/mol. The molecule has 0 saturated carbocycles. The number of allylic oxidation sites excluding steroid dienone is 4. The van der Waals surface area contributed by atoms with Crippen molar-refractivity contribution in [1.29, 1.82) is 0 Å². The number of hydrazine groups is 1. The average molecular weight is 249 g/mol. The number of carbonyl (C=O) groups is 1. The molecule has 0 spiro atoms. The highest BCUT2D eigenvalue weighted by Gasteiger charge is 2.23. The van der Waals surface area contributed by atoms with Crippen LogP contribution in [0.3, 0.4) is 0 Å². The van der Waals surface area contributed by atoms with E-state index in [-0.39, 0.29) is 0 Å². The van der Waals surface area contributed by atoms with E-state index in [4.69, 9.17) is 5.73 Å². The fourth-order valence-corrected chi connectivity index (χ4v) is 2.42. The van der Waals surface area contributed by atoms with E-state index in [1.807, 2.05) is 0 Å². The Hall–Kier alpha value is -1.71. The van der Waals surface area contributed by atoms with Gasteiger partial charge in [-0.05, 0) is 39.5 Å². The zero-order valence-electron chi connectivity index (χ0n) is 11.3. The monoisotopic (exact) mass is 249 g/mol. The second-order valence-electron chi connectivity index (χ2n) is 4.96. The lowest BCUT2D eigenvalue weighted by Crippen LogP contribution is -2.40. The van der Waals surface area contributed by atoms with Crippen molar-refractivity contribution in [2.45, 2.75) is 39.5 Å². The highest BCUT2D eigenvalue weighted by atomic mass is 16.2. The fourth-order valence-electron chi connectivity index (χ4n) is 2.42. The first-order valence-electron chi connectivity index (χ1n) is 6.25. The average Bonchev–Trinajstić information content (AvgIpc) is 2.65. The van der Waals surface area contributed by atoms with Gasteiger partial charge in [-0.15, -0.1) is 0 Å². The van der Waals surface area contributed by atoms with Crippen molar-refractivity contribution in [3.05, 3.63) is 35.6 Å². The van der Waals surface area contributed by atoms with Crippen LogP contribution in [0, 0.1) is 5.92 Å². The minimum absolute atomic E-state index is 0.516. The molecule has 0 heterocycles. The maximum absolute atomic E-state index is 10.5. The molecule has 1 aliphatic carbocycles. The summed E-state index contributed by atoms with van der Waals surface area (Å²) in [5, 5.41) is 0. The molecule has 18 heavy (non-hydrogen) atoms. The second-order valence-corrected chi connectivity index (χ2v) is 4.96. The molecule has 0 radical (unpaired) electrons. The van der Waals surface area contributed by atoms with Crippen molar-refractivity contribution in [1.82, 2.24) is 10.9 Å². The van der Waals surface area contributed by atoms with E-state index in [1.54, 1.807) is 0 Å². The van der Waals surface area contributed by atoms with Crippen LogP contribution in [0.25, 0.3) is 0 Å². The van der Waals surface area contributed by atoms with Crippen molar-refractivity contribution >= 4 is 6.03 Å². The molecule has 0 aliphatic heterocycles. The molecule has 0 fully saturated rings. The van der Waals surface area contributed by atoms with Gasteiger partial charge in [-0.2, -0.15) is 0 Å². The number of nitrogens with two attached hydrogens (primary N) is 1. The third-order valence-corrected chi connectivity index (χ3v) is 3.43. The van der Waals surface area contributed by atoms with E-state index in [2.05, 4.69) is 37.9 Å². The smallest absolute Gasteiger partial charge is 0.330 e. The van der Waals surface area contributed by atoms with E-state index in [0.29, 0.717) is 5.92 Å². The first kappa shape index (κ1) is 14.4. The van der Waals surface area contributed by atoms with Crippen molar-refractivity contribution in [2.24, 2.45) is 11.7 Å². The van der Waals surface area contributed by atoms with Gasteiger partial charge < -0.3 is 11.2 Å². The summed E-state index contributed by atoms with van der Waals surface area (Å²) in [5.41, 5.74) is 14.9. The fraction of sp³-hybridized carbons (Fsp3) is 0.500. The minimum Gasteiger partial charge on any atom is -0.350 e. The highest BCUT2D eigenvalue weighted by Crippen LogP contribution is 2.38. The Kier molecular flexibility index (Phi) is 5.01. The van der Waals surface area contributed by atoms with Crippen LogP contribution in [0.1, 0.15) is 39.5 Å². The summed E-state index contributed by atoms with van der Waals surface area (Å²) in [6.07, 6.45) is 4.08. The van der Waals surface area contributed by atoms with Crippen LogP contribution in [0.2, 0.25) is 0 Å². The van der Waals surface area contributed by atoms with Crippen LogP contribution in [-0.2, 0) is 0 Å². The number of carbonyl (C=O) groups excluding carboxylic acids is 1. The van der Waals surface area contributed by atoms with Gasteiger partial charge in [-0.3, -0.25) is 5.43 Å². The lowest BCUT2D eigenvalue weighted by atomic mass is 9.91. The largest absolute Gasteiger partial charge is 0.350 e. The molecule has 4 nitrogen and oxygen atoms in total. The minimum atomic E-state index is -0.604.